The van der Waals surface area contributed by atoms with Gasteiger partial charge in [-0.1, -0.05) is 19.1 Å². The first-order valence-electron chi connectivity index (χ1n) is 8.08. The summed E-state index contributed by atoms with van der Waals surface area (Å²) in [5, 5.41) is 2.96. The van der Waals surface area contributed by atoms with Gasteiger partial charge in [-0.25, -0.2) is 0 Å². The fourth-order valence-corrected chi connectivity index (χ4v) is 3.08. The second-order valence-corrected chi connectivity index (χ2v) is 6.28. The predicted molar refractivity (Wildman–Crippen MR) is 84.2 cm³/mol. The van der Waals surface area contributed by atoms with Crippen LogP contribution in [0.15, 0.2) is 24.3 Å². The van der Waals surface area contributed by atoms with Crippen molar-refractivity contribution in [2.45, 2.75) is 25.9 Å². The Balaban J connectivity index is 1.42. The van der Waals surface area contributed by atoms with Crippen LogP contribution >= 0.6 is 0 Å². The van der Waals surface area contributed by atoms with Gasteiger partial charge in [-0.3, -0.25) is 9.69 Å². The summed E-state index contributed by atoms with van der Waals surface area (Å²) in [5.41, 5.74) is 0. The zero-order valence-corrected chi connectivity index (χ0v) is 13.1. The molecule has 2 aliphatic heterocycles. The monoisotopic (exact) mass is 304 g/mol. The molecule has 2 aliphatic rings. The highest BCUT2D eigenvalue weighted by molar-refractivity contribution is 5.78. The van der Waals surface area contributed by atoms with Crippen LogP contribution < -0.4 is 14.8 Å². The van der Waals surface area contributed by atoms with Crippen molar-refractivity contribution in [1.29, 1.82) is 0 Å². The Bertz CT molecular complexity index is 520. The molecule has 1 amide bonds. The van der Waals surface area contributed by atoms with Crippen molar-refractivity contribution in [3.05, 3.63) is 24.3 Å². The average Bonchev–Trinajstić information content (AvgIpc) is 2.53. The Labute approximate surface area is 131 Å². The van der Waals surface area contributed by atoms with Gasteiger partial charge in [-0.15, -0.1) is 0 Å². The summed E-state index contributed by atoms with van der Waals surface area (Å²) >= 11 is 0. The summed E-state index contributed by atoms with van der Waals surface area (Å²) in [7, 11) is 0. The summed E-state index contributed by atoms with van der Waals surface area (Å²) in [5.74, 6) is 2.27. The SMILES string of the molecule is C[C@H]1CCCN(CC(=O)NC[C@@H]2COc3ccccc3O2)C1. The van der Waals surface area contributed by atoms with Crippen LogP contribution in [-0.2, 0) is 4.79 Å². The van der Waals surface area contributed by atoms with Gasteiger partial charge in [-0.05, 0) is 37.4 Å². The van der Waals surface area contributed by atoms with E-state index >= 15 is 0 Å². The van der Waals surface area contributed by atoms with Crippen molar-refractivity contribution >= 4 is 5.91 Å². The lowest BCUT2D eigenvalue weighted by atomic mass is 10.0. The Morgan fingerprint density at radius 1 is 1.36 bits per heavy atom. The number of ether oxygens (including phenoxy) is 2. The van der Waals surface area contributed by atoms with Gasteiger partial charge in [0.2, 0.25) is 5.91 Å². The van der Waals surface area contributed by atoms with E-state index in [1.54, 1.807) is 0 Å². The number of hydrogen-bond donors (Lipinski definition) is 1. The molecule has 0 aromatic heterocycles. The number of nitrogens with zero attached hydrogens (tertiary/aromatic N) is 1. The van der Waals surface area contributed by atoms with Gasteiger partial charge in [0, 0.05) is 6.54 Å². The number of nitrogens with one attached hydrogen (secondary N) is 1. The molecular formula is C17H24N2O3. The number of fused-ring (bicyclic) bond motifs is 1. The molecule has 5 nitrogen and oxygen atoms in total. The lowest BCUT2D eigenvalue weighted by Crippen LogP contribution is -2.46. The molecule has 2 heterocycles. The third-order valence-electron chi connectivity index (χ3n) is 4.20. The molecule has 0 saturated carbocycles. The maximum atomic E-state index is 12.1. The Morgan fingerprint density at radius 2 is 2.18 bits per heavy atom. The molecular weight excluding hydrogens is 280 g/mol. The quantitative estimate of drug-likeness (QED) is 0.919. The zero-order chi connectivity index (χ0) is 15.4. The number of para-hydroxylation sites is 2. The van der Waals surface area contributed by atoms with Gasteiger partial charge < -0.3 is 14.8 Å². The second-order valence-electron chi connectivity index (χ2n) is 6.28. The summed E-state index contributed by atoms with van der Waals surface area (Å²) in [4.78, 5) is 14.3. The van der Waals surface area contributed by atoms with Crippen molar-refractivity contribution in [2.24, 2.45) is 5.92 Å². The van der Waals surface area contributed by atoms with E-state index in [0.717, 1.165) is 24.6 Å². The van der Waals surface area contributed by atoms with Crippen LogP contribution in [0.5, 0.6) is 11.5 Å². The molecule has 120 valence electrons. The Kier molecular flexibility index (Phi) is 4.83. The smallest absolute Gasteiger partial charge is 0.234 e. The van der Waals surface area contributed by atoms with Gasteiger partial charge in [0.05, 0.1) is 13.1 Å². The van der Waals surface area contributed by atoms with Crippen LogP contribution in [0, 0.1) is 5.92 Å². The maximum Gasteiger partial charge on any atom is 0.234 e. The first kappa shape index (κ1) is 15.2. The average molecular weight is 304 g/mol. The van der Waals surface area contributed by atoms with Crippen molar-refractivity contribution < 1.29 is 14.3 Å². The lowest BCUT2D eigenvalue weighted by Gasteiger charge is -2.30. The van der Waals surface area contributed by atoms with Crippen LogP contribution in [0.4, 0.5) is 0 Å². The summed E-state index contributed by atoms with van der Waals surface area (Å²) in [6.45, 7) is 5.72. The highest BCUT2D eigenvalue weighted by Gasteiger charge is 2.22. The highest BCUT2D eigenvalue weighted by atomic mass is 16.6. The van der Waals surface area contributed by atoms with E-state index < -0.39 is 0 Å². The number of hydrogen-bond acceptors (Lipinski definition) is 4. The third kappa shape index (κ3) is 3.91. The van der Waals surface area contributed by atoms with Gasteiger partial charge in [0.1, 0.15) is 12.7 Å². The number of piperidine rings is 1. The van der Waals surface area contributed by atoms with Gasteiger partial charge in [0.15, 0.2) is 11.5 Å². The van der Waals surface area contributed by atoms with E-state index in [4.69, 9.17) is 9.47 Å². The molecule has 1 saturated heterocycles. The fourth-order valence-electron chi connectivity index (χ4n) is 3.08. The second kappa shape index (κ2) is 7.01. The number of carbonyl (C=O) groups excluding carboxylic acids is 1. The summed E-state index contributed by atoms with van der Waals surface area (Å²) in [6.07, 6.45) is 2.33. The number of likely N-dealkylation sites (tertiary alicyclic amines) is 1. The van der Waals surface area contributed by atoms with Crippen molar-refractivity contribution in [2.75, 3.05) is 32.8 Å². The molecule has 0 unspecified atom stereocenters. The Hall–Kier alpha value is -1.75. The third-order valence-corrected chi connectivity index (χ3v) is 4.20. The zero-order valence-electron chi connectivity index (χ0n) is 13.1. The van der Waals surface area contributed by atoms with E-state index in [0.29, 0.717) is 25.6 Å². The van der Waals surface area contributed by atoms with Crippen LogP contribution in [-0.4, -0.2) is 49.7 Å². The molecule has 1 aromatic carbocycles. The van der Waals surface area contributed by atoms with Crippen LogP contribution in [0.25, 0.3) is 0 Å². The molecule has 1 aromatic rings. The standard InChI is InChI=1S/C17H24N2O3/c1-13-5-4-8-19(10-13)11-17(20)18-9-14-12-21-15-6-2-3-7-16(15)22-14/h2-3,6-7,13-14H,4-5,8-12H2,1H3,(H,18,20)/t13-,14+/m0/s1. The summed E-state index contributed by atoms with van der Waals surface area (Å²) in [6, 6.07) is 7.62. The van der Waals surface area contributed by atoms with Crippen LogP contribution in [0.1, 0.15) is 19.8 Å². The van der Waals surface area contributed by atoms with Crippen molar-refractivity contribution in [3.8, 4) is 11.5 Å². The molecule has 1 fully saturated rings. The van der Waals surface area contributed by atoms with Crippen molar-refractivity contribution in [1.82, 2.24) is 10.2 Å². The summed E-state index contributed by atoms with van der Waals surface area (Å²) < 4.78 is 11.5. The minimum atomic E-state index is -0.126. The van der Waals surface area contributed by atoms with Gasteiger partial charge in [-0.2, -0.15) is 0 Å². The number of carbonyl (C=O) groups is 1. The molecule has 2 atom stereocenters. The van der Waals surface area contributed by atoms with Gasteiger partial charge in [0.25, 0.3) is 0 Å². The highest BCUT2D eigenvalue weighted by Crippen LogP contribution is 2.30. The predicted octanol–water partition coefficient (Wildman–Crippen LogP) is 1.67. The molecule has 0 bridgehead atoms. The molecule has 22 heavy (non-hydrogen) atoms. The molecule has 3 rings (SSSR count). The largest absolute Gasteiger partial charge is 0.486 e. The molecule has 0 aliphatic carbocycles. The lowest BCUT2D eigenvalue weighted by molar-refractivity contribution is -0.123. The van der Waals surface area contributed by atoms with E-state index in [-0.39, 0.29) is 12.0 Å². The molecule has 0 radical (unpaired) electrons. The fraction of sp³-hybridized carbons (Fsp3) is 0.588. The minimum absolute atomic E-state index is 0.0663. The maximum absolute atomic E-state index is 12.1. The molecule has 0 spiro atoms. The van der Waals surface area contributed by atoms with Crippen molar-refractivity contribution in [3.63, 3.8) is 0 Å². The van der Waals surface area contributed by atoms with E-state index in [1.165, 1.54) is 12.8 Å². The number of rotatable bonds is 4. The van der Waals surface area contributed by atoms with Gasteiger partial charge >= 0.3 is 0 Å². The topological polar surface area (TPSA) is 50.8 Å². The van der Waals surface area contributed by atoms with Crippen LogP contribution in [0.3, 0.4) is 0 Å². The van der Waals surface area contributed by atoms with Crippen LogP contribution in [0.2, 0.25) is 0 Å². The first-order chi connectivity index (χ1) is 10.7. The molecule has 5 heteroatoms. The number of benzene rings is 1. The van der Waals surface area contributed by atoms with E-state index in [9.17, 15) is 4.79 Å². The Morgan fingerprint density at radius 3 is 3.00 bits per heavy atom. The minimum Gasteiger partial charge on any atom is -0.486 e. The van der Waals surface area contributed by atoms with E-state index in [1.807, 2.05) is 24.3 Å². The number of amides is 1. The first-order valence-corrected chi connectivity index (χ1v) is 8.08. The van der Waals surface area contributed by atoms with E-state index in [2.05, 4.69) is 17.1 Å². The molecule has 1 N–H and O–H groups in total. The normalized spacial score (nSPS) is 24.8.